The summed E-state index contributed by atoms with van der Waals surface area (Å²) in [7, 11) is 0. The number of nitrogens with one attached hydrogen (secondary N) is 1. The molecular weight excluding hydrogens is 242 g/mol. The average Bonchev–Trinajstić information content (AvgIpc) is 2.75. The van der Waals surface area contributed by atoms with Crippen molar-refractivity contribution in [2.45, 2.75) is 33.2 Å². The molecule has 0 fully saturated rings. The van der Waals surface area contributed by atoms with E-state index in [4.69, 9.17) is 9.52 Å². The van der Waals surface area contributed by atoms with Gasteiger partial charge >= 0.3 is 0 Å². The molecule has 2 N–H and O–H groups in total. The molecule has 0 aliphatic rings. The van der Waals surface area contributed by atoms with E-state index in [1.165, 1.54) is 0 Å². The highest BCUT2D eigenvalue weighted by atomic mass is 16.3. The second-order valence-corrected chi connectivity index (χ2v) is 4.77. The van der Waals surface area contributed by atoms with Crippen LogP contribution in [0.15, 0.2) is 22.6 Å². The zero-order chi connectivity index (χ0) is 14.0. The number of rotatable bonds is 4. The maximum atomic E-state index is 12.2. The van der Waals surface area contributed by atoms with Crippen molar-refractivity contribution in [2.75, 3.05) is 6.61 Å². The quantitative estimate of drug-likeness (QED) is 0.889. The molecule has 19 heavy (non-hydrogen) atoms. The number of carbonyl (C=O) groups excluding carboxylic acids is 1. The van der Waals surface area contributed by atoms with Gasteiger partial charge in [-0.15, -0.1) is 0 Å². The summed E-state index contributed by atoms with van der Waals surface area (Å²) in [5, 5.41) is 12.9. The van der Waals surface area contributed by atoms with E-state index in [-0.39, 0.29) is 18.6 Å². The molecule has 1 atom stereocenters. The Morgan fingerprint density at radius 1 is 1.42 bits per heavy atom. The molecule has 0 aliphatic carbocycles. The van der Waals surface area contributed by atoms with Crippen LogP contribution >= 0.6 is 0 Å². The lowest BCUT2D eigenvalue weighted by molar-refractivity contribution is 0.0888. The van der Waals surface area contributed by atoms with Gasteiger partial charge in [0.05, 0.1) is 12.6 Å². The first-order chi connectivity index (χ1) is 9.08. The van der Waals surface area contributed by atoms with Crippen LogP contribution in [0.1, 0.15) is 35.0 Å². The fourth-order valence-corrected chi connectivity index (χ4v) is 2.13. The molecule has 1 aromatic heterocycles. The average molecular weight is 261 g/mol. The first kappa shape index (κ1) is 13.6. The molecule has 0 saturated carbocycles. The van der Waals surface area contributed by atoms with Gasteiger partial charge in [-0.1, -0.05) is 25.1 Å². The SMILES string of the molecule is CCC(CO)NC(=O)c1oc2c(C)cccc2c1C. The van der Waals surface area contributed by atoms with Crippen LogP contribution in [0, 0.1) is 13.8 Å². The lowest BCUT2D eigenvalue weighted by Crippen LogP contribution is -2.37. The van der Waals surface area contributed by atoms with E-state index in [1.54, 1.807) is 0 Å². The van der Waals surface area contributed by atoms with Crippen molar-refractivity contribution in [3.63, 3.8) is 0 Å². The van der Waals surface area contributed by atoms with E-state index in [1.807, 2.05) is 39.0 Å². The number of hydrogen-bond donors (Lipinski definition) is 2. The Balaban J connectivity index is 2.38. The van der Waals surface area contributed by atoms with Gasteiger partial charge in [-0.05, 0) is 25.8 Å². The van der Waals surface area contributed by atoms with Gasteiger partial charge in [0.2, 0.25) is 0 Å². The van der Waals surface area contributed by atoms with Gasteiger partial charge in [0.25, 0.3) is 5.91 Å². The number of fused-ring (bicyclic) bond motifs is 1. The highest BCUT2D eigenvalue weighted by molar-refractivity contribution is 5.99. The number of aryl methyl sites for hydroxylation is 2. The molecule has 0 aliphatic heterocycles. The van der Waals surface area contributed by atoms with E-state index in [2.05, 4.69) is 5.32 Å². The third kappa shape index (κ3) is 2.49. The van der Waals surface area contributed by atoms with E-state index < -0.39 is 0 Å². The Morgan fingerprint density at radius 2 is 2.16 bits per heavy atom. The zero-order valence-corrected chi connectivity index (χ0v) is 11.5. The Morgan fingerprint density at radius 3 is 2.74 bits per heavy atom. The third-order valence-corrected chi connectivity index (χ3v) is 3.42. The topological polar surface area (TPSA) is 62.5 Å². The minimum Gasteiger partial charge on any atom is -0.450 e. The predicted octanol–water partition coefficient (Wildman–Crippen LogP) is 2.55. The summed E-state index contributed by atoms with van der Waals surface area (Å²) < 4.78 is 5.69. The summed E-state index contributed by atoms with van der Waals surface area (Å²) in [6.07, 6.45) is 0.681. The summed E-state index contributed by atoms with van der Waals surface area (Å²) >= 11 is 0. The molecule has 1 unspecified atom stereocenters. The minimum absolute atomic E-state index is 0.0689. The van der Waals surface area contributed by atoms with E-state index >= 15 is 0 Å². The van der Waals surface area contributed by atoms with Crippen LogP contribution in [0.4, 0.5) is 0 Å². The number of para-hydroxylation sites is 1. The fraction of sp³-hybridized carbons (Fsp3) is 0.400. The van der Waals surface area contributed by atoms with Crippen molar-refractivity contribution in [2.24, 2.45) is 0 Å². The van der Waals surface area contributed by atoms with Crippen molar-refractivity contribution in [3.05, 3.63) is 35.1 Å². The van der Waals surface area contributed by atoms with Crippen molar-refractivity contribution < 1.29 is 14.3 Å². The summed E-state index contributed by atoms with van der Waals surface area (Å²) in [6.45, 7) is 5.67. The Labute approximate surface area is 112 Å². The number of furan rings is 1. The van der Waals surface area contributed by atoms with Gasteiger partial charge < -0.3 is 14.8 Å². The number of aliphatic hydroxyl groups excluding tert-OH is 1. The van der Waals surface area contributed by atoms with Crippen molar-refractivity contribution in [1.29, 1.82) is 0 Å². The van der Waals surface area contributed by atoms with Crippen molar-refractivity contribution in [3.8, 4) is 0 Å². The standard InChI is InChI=1S/C15H19NO3/c1-4-11(8-17)16-15(18)14-10(3)12-7-5-6-9(2)13(12)19-14/h5-7,11,17H,4,8H2,1-3H3,(H,16,18). The van der Waals surface area contributed by atoms with Gasteiger partial charge in [-0.25, -0.2) is 0 Å². The lowest BCUT2D eigenvalue weighted by atomic mass is 10.1. The van der Waals surface area contributed by atoms with Crippen LogP contribution in [-0.2, 0) is 0 Å². The second-order valence-electron chi connectivity index (χ2n) is 4.77. The van der Waals surface area contributed by atoms with Crippen molar-refractivity contribution >= 4 is 16.9 Å². The summed E-state index contributed by atoms with van der Waals surface area (Å²) in [6, 6.07) is 5.61. The summed E-state index contributed by atoms with van der Waals surface area (Å²) in [5.74, 6) is 0.0604. The van der Waals surface area contributed by atoms with Gasteiger partial charge in [0.1, 0.15) is 5.58 Å². The molecule has 102 valence electrons. The summed E-state index contributed by atoms with van der Waals surface area (Å²) in [5.41, 5.74) is 2.60. The molecule has 1 amide bonds. The molecular formula is C15H19NO3. The monoisotopic (exact) mass is 261 g/mol. The molecule has 4 heteroatoms. The molecule has 0 bridgehead atoms. The summed E-state index contributed by atoms with van der Waals surface area (Å²) in [4.78, 5) is 12.2. The van der Waals surface area contributed by atoms with Crippen LogP contribution in [0.3, 0.4) is 0 Å². The maximum Gasteiger partial charge on any atom is 0.287 e. The first-order valence-electron chi connectivity index (χ1n) is 6.48. The normalized spacial score (nSPS) is 12.6. The maximum absolute atomic E-state index is 12.2. The van der Waals surface area contributed by atoms with Crippen LogP contribution in [0.25, 0.3) is 11.0 Å². The molecule has 4 nitrogen and oxygen atoms in total. The molecule has 0 radical (unpaired) electrons. The lowest BCUT2D eigenvalue weighted by Gasteiger charge is -2.12. The molecule has 2 aromatic rings. The van der Waals surface area contributed by atoms with Crippen LogP contribution in [0.5, 0.6) is 0 Å². The predicted molar refractivity (Wildman–Crippen MR) is 74.3 cm³/mol. The van der Waals surface area contributed by atoms with Gasteiger partial charge in [0, 0.05) is 10.9 Å². The highest BCUT2D eigenvalue weighted by Gasteiger charge is 2.20. The molecule has 1 aromatic carbocycles. The Kier molecular flexibility index (Phi) is 3.90. The minimum atomic E-state index is -0.269. The zero-order valence-electron chi connectivity index (χ0n) is 11.5. The fourth-order valence-electron chi connectivity index (χ4n) is 2.13. The second kappa shape index (κ2) is 5.45. The van der Waals surface area contributed by atoms with Crippen molar-refractivity contribution in [1.82, 2.24) is 5.32 Å². The number of carbonyl (C=O) groups is 1. The number of hydrogen-bond acceptors (Lipinski definition) is 3. The third-order valence-electron chi connectivity index (χ3n) is 3.42. The van der Waals surface area contributed by atoms with Crippen LogP contribution in [0.2, 0.25) is 0 Å². The molecule has 2 rings (SSSR count). The highest BCUT2D eigenvalue weighted by Crippen LogP contribution is 2.27. The van der Waals surface area contributed by atoms with Crippen LogP contribution < -0.4 is 5.32 Å². The molecule has 0 spiro atoms. The number of amides is 1. The largest absolute Gasteiger partial charge is 0.450 e. The van der Waals surface area contributed by atoms with Gasteiger partial charge in [-0.3, -0.25) is 4.79 Å². The Hall–Kier alpha value is -1.81. The van der Waals surface area contributed by atoms with E-state index in [0.717, 1.165) is 22.1 Å². The van der Waals surface area contributed by atoms with Crippen LogP contribution in [-0.4, -0.2) is 23.7 Å². The van der Waals surface area contributed by atoms with E-state index in [0.29, 0.717) is 12.2 Å². The number of aliphatic hydroxyl groups is 1. The van der Waals surface area contributed by atoms with Gasteiger partial charge in [-0.2, -0.15) is 0 Å². The van der Waals surface area contributed by atoms with E-state index in [9.17, 15) is 4.79 Å². The molecule has 0 saturated heterocycles. The molecule has 1 heterocycles. The van der Waals surface area contributed by atoms with Gasteiger partial charge in [0.15, 0.2) is 5.76 Å². The first-order valence-corrected chi connectivity index (χ1v) is 6.48. The Bertz CT molecular complexity index is 597. The number of benzene rings is 1. The smallest absolute Gasteiger partial charge is 0.287 e.